The highest BCUT2D eigenvalue weighted by Crippen LogP contribution is 2.08. The van der Waals surface area contributed by atoms with Gasteiger partial charge in [-0.25, -0.2) is 14.6 Å². The normalized spacial score (nSPS) is 12.0. The maximum atomic E-state index is 12.4. The van der Waals surface area contributed by atoms with Crippen molar-refractivity contribution in [2.24, 2.45) is 5.92 Å². The molecule has 0 radical (unpaired) electrons. The number of H-pyrrole nitrogens is 2. The molecule has 0 aliphatic carbocycles. The molecule has 3 rings (SSSR count). The van der Waals surface area contributed by atoms with Crippen molar-refractivity contribution >= 4 is 29.2 Å². The Hall–Kier alpha value is -3.93. The number of carbonyl (C=O) groups is 2. The van der Waals surface area contributed by atoms with Gasteiger partial charge in [0.05, 0.1) is 6.61 Å². The first kappa shape index (κ1) is 23.7. The van der Waals surface area contributed by atoms with E-state index >= 15 is 0 Å². The van der Waals surface area contributed by atoms with Crippen LogP contribution in [0.3, 0.4) is 0 Å². The van der Waals surface area contributed by atoms with Crippen molar-refractivity contribution in [3.8, 4) is 0 Å². The van der Waals surface area contributed by atoms with E-state index in [2.05, 4.69) is 25.3 Å². The quantitative estimate of drug-likeness (QED) is 0.257. The van der Waals surface area contributed by atoms with E-state index in [9.17, 15) is 14.4 Å². The molecule has 2 aromatic heterocycles. The third-order valence-electron chi connectivity index (χ3n) is 4.55. The van der Waals surface area contributed by atoms with Crippen LogP contribution in [0.1, 0.15) is 25.2 Å². The molecule has 1 atom stereocenters. The number of nitrogen functional groups attached to an aromatic ring is 1. The second kappa shape index (κ2) is 11.1. The largest absolute Gasteiger partial charge is 0.462 e. The van der Waals surface area contributed by atoms with Crippen LogP contribution in [0.25, 0.3) is 11.2 Å². The van der Waals surface area contributed by atoms with Gasteiger partial charge < -0.3 is 30.2 Å². The number of ether oxygens (including phenoxy) is 3. The maximum Gasteiger partial charge on any atom is 0.408 e. The molecule has 3 aromatic rings. The van der Waals surface area contributed by atoms with Crippen molar-refractivity contribution < 1.29 is 23.8 Å². The SMILES string of the molecule is CC(C)[C@H](NC(=O)OCc1ccccc1)C(=O)OCCOCc1nc2nc(N)[nH]c(=O)c2[nH]1. The van der Waals surface area contributed by atoms with Crippen LogP contribution in [0.2, 0.25) is 0 Å². The number of alkyl carbamates (subject to hydrolysis) is 1. The molecule has 0 spiro atoms. The summed E-state index contributed by atoms with van der Waals surface area (Å²) in [6.07, 6.45) is -0.708. The fraction of sp³-hybridized carbons (Fsp3) is 0.381. The molecule has 0 saturated heterocycles. The number of aromatic nitrogens is 4. The zero-order valence-corrected chi connectivity index (χ0v) is 18.3. The number of esters is 1. The van der Waals surface area contributed by atoms with Gasteiger partial charge in [0.2, 0.25) is 5.95 Å². The molecular formula is C21H26N6O6. The number of anilines is 1. The van der Waals surface area contributed by atoms with Crippen LogP contribution in [0.5, 0.6) is 0 Å². The zero-order chi connectivity index (χ0) is 23.8. The molecule has 0 aliphatic rings. The average molecular weight is 458 g/mol. The van der Waals surface area contributed by atoms with Crippen LogP contribution in [0.4, 0.5) is 10.7 Å². The van der Waals surface area contributed by atoms with Gasteiger partial charge in [0.25, 0.3) is 5.56 Å². The molecule has 176 valence electrons. The van der Waals surface area contributed by atoms with E-state index in [0.717, 1.165) is 5.56 Å². The van der Waals surface area contributed by atoms with Crippen LogP contribution in [-0.4, -0.2) is 51.3 Å². The van der Waals surface area contributed by atoms with E-state index in [1.165, 1.54) is 0 Å². The first-order chi connectivity index (χ1) is 15.8. The summed E-state index contributed by atoms with van der Waals surface area (Å²) in [5.74, 6) is -0.463. The lowest BCUT2D eigenvalue weighted by atomic mass is 10.1. The number of imidazole rings is 1. The molecule has 1 amide bonds. The van der Waals surface area contributed by atoms with Crippen LogP contribution >= 0.6 is 0 Å². The Balaban J connectivity index is 1.41. The van der Waals surface area contributed by atoms with Crippen molar-refractivity contribution in [3.05, 3.63) is 52.1 Å². The van der Waals surface area contributed by atoms with Gasteiger partial charge in [-0.15, -0.1) is 0 Å². The number of aromatic amines is 2. The molecule has 12 nitrogen and oxygen atoms in total. The molecule has 0 bridgehead atoms. The summed E-state index contributed by atoms with van der Waals surface area (Å²) in [5, 5.41) is 2.54. The minimum absolute atomic E-state index is 0.0318. The Kier molecular flexibility index (Phi) is 7.97. The predicted octanol–water partition coefficient (Wildman–Crippen LogP) is 1.24. The fourth-order valence-corrected chi connectivity index (χ4v) is 2.89. The standard InChI is InChI=1S/C21H26N6O6/c1-12(2)15(25-21(30)33-10-13-6-4-3-5-7-13)19(29)32-9-8-31-11-14-23-16-17(24-14)26-20(22)27-18(16)28/h3-7,12,15H,8-11H2,1-2H3,(H,25,30)(H4,22,23,24,26,27,28)/t15-/m0/s1. The second-order valence-electron chi connectivity index (χ2n) is 7.48. The molecule has 2 heterocycles. The van der Waals surface area contributed by atoms with E-state index in [0.29, 0.717) is 5.82 Å². The van der Waals surface area contributed by atoms with Crippen molar-refractivity contribution in [3.63, 3.8) is 0 Å². The number of amides is 1. The molecular weight excluding hydrogens is 432 g/mol. The monoisotopic (exact) mass is 458 g/mol. The summed E-state index contributed by atoms with van der Waals surface area (Å²) in [6, 6.07) is 8.34. The molecule has 33 heavy (non-hydrogen) atoms. The van der Waals surface area contributed by atoms with Gasteiger partial charge in [0.15, 0.2) is 11.2 Å². The number of nitrogens with two attached hydrogens (primary N) is 1. The molecule has 5 N–H and O–H groups in total. The summed E-state index contributed by atoms with van der Waals surface area (Å²) in [5.41, 5.74) is 6.27. The summed E-state index contributed by atoms with van der Waals surface area (Å²) in [4.78, 5) is 49.5. The molecule has 0 unspecified atom stereocenters. The Labute approximate surface area is 188 Å². The smallest absolute Gasteiger partial charge is 0.408 e. The lowest BCUT2D eigenvalue weighted by molar-refractivity contribution is -0.149. The van der Waals surface area contributed by atoms with Gasteiger partial charge >= 0.3 is 12.1 Å². The highest BCUT2D eigenvalue weighted by atomic mass is 16.6. The number of benzene rings is 1. The maximum absolute atomic E-state index is 12.4. The topological polar surface area (TPSA) is 174 Å². The minimum atomic E-state index is -0.869. The van der Waals surface area contributed by atoms with E-state index < -0.39 is 23.7 Å². The third kappa shape index (κ3) is 6.77. The Bertz CT molecular complexity index is 1140. The summed E-state index contributed by atoms with van der Waals surface area (Å²) >= 11 is 0. The Morgan fingerprint density at radius 1 is 1.06 bits per heavy atom. The number of fused-ring (bicyclic) bond motifs is 1. The van der Waals surface area contributed by atoms with Crippen molar-refractivity contribution in [2.75, 3.05) is 18.9 Å². The van der Waals surface area contributed by atoms with Crippen molar-refractivity contribution in [1.29, 1.82) is 0 Å². The average Bonchev–Trinajstić information content (AvgIpc) is 3.19. The summed E-state index contributed by atoms with van der Waals surface area (Å²) in [6.45, 7) is 3.75. The zero-order valence-electron chi connectivity index (χ0n) is 18.3. The van der Waals surface area contributed by atoms with E-state index in [1.54, 1.807) is 13.8 Å². The van der Waals surface area contributed by atoms with Gasteiger partial charge in [-0.1, -0.05) is 44.2 Å². The lowest BCUT2D eigenvalue weighted by Crippen LogP contribution is -2.45. The predicted molar refractivity (Wildman–Crippen MR) is 118 cm³/mol. The third-order valence-corrected chi connectivity index (χ3v) is 4.55. The number of nitrogens with zero attached hydrogens (tertiary/aromatic N) is 2. The van der Waals surface area contributed by atoms with Gasteiger partial charge in [0, 0.05) is 0 Å². The summed E-state index contributed by atoms with van der Waals surface area (Å²) < 4.78 is 15.8. The molecule has 1 aromatic carbocycles. The van der Waals surface area contributed by atoms with E-state index in [-0.39, 0.29) is 49.5 Å². The Morgan fingerprint density at radius 3 is 2.55 bits per heavy atom. The molecule has 0 aliphatic heterocycles. The van der Waals surface area contributed by atoms with Crippen LogP contribution < -0.4 is 16.6 Å². The molecule has 0 saturated carbocycles. The lowest BCUT2D eigenvalue weighted by Gasteiger charge is -2.20. The van der Waals surface area contributed by atoms with Crippen LogP contribution in [0, 0.1) is 5.92 Å². The van der Waals surface area contributed by atoms with Gasteiger partial charge in [-0.3, -0.25) is 9.78 Å². The number of hydrogen-bond donors (Lipinski definition) is 4. The summed E-state index contributed by atoms with van der Waals surface area (Å²) in [7, 11) is 0. The van der Waals surface area contributed by atoms with Gasteiger partial charge in [-0.05, 0) is 11.5 Å². The number of hydrogen-bond acceptors (Lipinski definition) is 9. The second-order valence-corrected chi connectivity index (χ2v) is 7.48. The number of carbonyl (C=O) groups excluding carboxylic acids is 2. The van der Waals surface area contributed by atoms with Crippen LogP contribution in [0.15, 0.2) is 35.1 Å². The number of rotatable bonds is 10. The first-order valence-electron chi connectivity index (χ1n) is 10.3. The van der Waals surface area contributed by atoms with Crippen molar-refractivity contribution in [1.82, 2.24) is 25.3 Å². The number of nitrogens with one attached hydrogen (secondary N) is 3. The van der Waals surface area contributed by atoms with Crippen LogP contribution in [-0.2, 0) is 32.2 Å². The molecule has 12 heteroatoms. The van der Waals surface area contributed by atoms with Gasteiger partial charge in [0.1, 0.15) is 31.7 Å². The van der Waals surface area contributed by atoms with E-state index in [1.807, 2.05) is 30.3 Å². The van der Waals surface area contributed by atoms with Crippen molar-refractivity contribution in [2.45, 2.75) is 33.1 Å². The fourth-order valence-electron chi connectivity index (χ4n) is 2.89. The highest BCUT2D eigenvalue weighted by Gasteiger charge is 2.26. The Morgan fingerprint density at radius 2 is 1.82 bits per heavy atom. The van der Waals surface area contributed by atoms with E-state index in [4.69, 9.17) is 19.9 Å². The van der Waals surface area contributed by atoms with Gasteiger partial charge in [-0.2, -0.15) is 4.98 Å². The minimum Gasteiger partial charge on any atom is -0.462 e. The highest BCUT2D eigenvalue weighted by molar-refractivity contribution is 5.81. The molecule has 0 fully saturated rings. The first-order valence-corrected chi connectivity index (χ1v) is 10.3.